The molecule has 1 aromatic rings. The molecular weight excluding hydrogens is 216 g/mol. The Morgan fingerprint density at radius 2 is 2.12 bits per heavy atom. The first kappa shape index (κ1) is 11.9. The minimum Gasteiger partial charge on any atom is -0.380 e. The second-order valence-corrected chi connectivity index (χ2v) is 4.21. The van der Waals surface area contributed by atoms with E-state index in [2.05, 4.69) is 10.6 Å². The van der Waals surface area contributed by atoms with E-state index >= 15 is 0 Å². The first-order valence-electron chi connectivity index (χ1n) is 5.96. The number of carbonyl (C=O) groups is 1. The van der Waals surface area contributed by atoms with Crippen LogP contribution < -0.4 is 10.6 Å². The van der Waals surface area contributed by atoms with Gasteiger partial charge >= 0.3 is 0 Å². The van der Waals surface area contributed by atoms with Gasteiger partial charge in [-0.1, -0.05) is 0 Å². The molecule has 0 bridgehead atoms. The van der Waals surface area contributed by atoms with Crippen LogP contribution in [-0.2, 0) is 4.74 Å². The highest BCUT2D eigenvalue weighted by Gasteiger charge is 2.13. The summed E-state index contributed by atoms with van der Waals surface area (Å²) in [7, 11) is 1.63. The average Bonchev–Trinajstić information content (AvgIpc) is 2.40. The Labute approximate surface area is 101 Å². The minimum atomic E-state index is -0.0578. The molecule has 1 aliphatic heterocycles. The highest BCUT2D eigenvalue weighted by molar-refractivity contribution is 5.94. The van der Waals surface area contributed by atoms with Gasteiger partial charge in [0.2, 0.25) is 0 Å². The number of benzene rings is 1. The molecule has 1 unspecified atom stereocenters. The Morgan fingerprint density at radius 3 is 2.71 bits per heavy atom. The van der Waals surface area contributed by atoms with Crippen LogP contribution in [0.15, 0.2) is 24.3 Å². The maximum absolute atomic E-state index is 11.4. The van der Waals surface area contributed by atoms with Gasteiger partial charge in [0.25, 0.3) is 5.91 Å². The van der Waals surface area contributed by atoms with Crippen molar-refractivity contribution < 1.29 is 9.53 Å². The zero-order chi connectivity index (χ0) is 12.1. The third kappa shape index (κ3) is 3.20. The first-order chi connectivity index (χ1) is 8.29. The molecule has 1 amide bonds. The zero-order valence-electron chi connectivity index (χ0n) is 10.0. The maximum atomic E-state index is 11.4. The van der Waals surface area contributed by atoms with Crippen molar-refractivity contribution in [1.82, 2.24) is 5.32 Å². The van der Waals surface area contributed by atoms with Gasteiger partial charge < -0.3 is 15.4 Å². The highest BCUT2D eigenvalue weighted by Crippen LogP contribution is 2.15. The molecule has 1 aliphatic rings. The molecule has 92 valence electrons. The lowest BCUT2D eigenvalue weighted by Crippen LogP contribution is -2.29. The van der Waals surface area contributed by atoms with Crippen molar-refractivity contribution in [2.45, 2.75) is 18.9 Å². The number of carbonyl (C=O) groups excluding carboxylic acids is 1. The first-order valence-corrected chi connectivity index (χ1v) is 5.96. The number of rotatable bonds is 3. The molecule has 0 aliphatic carbocycles. The number of anilines is 1. The van der Waals surface area contributed by atoms with Crippen molar-refractivity contribution in [3.05, 3.63) is 29.8 Å². The van der Waals surface area contributed by atoms with Gasteiger partial charge in [0, 0.05) is 30.9 Å². The van der Waals surface area contributed by atoms with E-state index in [1.807, 2.05) is 24.3 Å². The van der Waals surface area contributed by atoms with Gasteiger partial charge in [-0.25, -0.2) is 0 Å². The summed E-state index contributed by atoms with van der Waals surface area (Å²) in [6.45, 7) is 1.63. The molecule has 1 atom stereocenters. The van der Waals surface area contributed by atoms with E-state index in [1.165, 1.54) is 0 Å². The molecule has 1 heterocycles. The number of ether oxygens (including phenoxy) is 1. The average molecular weight is 234 g/mol. The van der Waals surface area contributed by atoms with Gasteiger partial charge in [-0.2, -0.15) is 0 Å². The van der Waals surface area contributed by atoms with Crippen molar-refractivity contribution in [3.8, 4) is 0 Å². The fourth-order valence-electron chi connectivity index (χ4n) is 1.95. The molecular formula is C13H18N2O2. The molecule has 2 rings (SSSR count). The topological polar surface area (TPSA) is 50.4 Å². The van der Waals surface area contributed by atoms with E-state index in [9.17, 15) is 4.79 Å². The highest BCUT2D eigenvalue weighted by atomic mass is 16.5. The van der Waals surface area contributed by atoms with Gasteiger partial charge in [-0.3, -0.25) is 4.79 Å². The van der Waals surface area contributed by atoms with Crippen LogP contribution >= 0.6 is 0 Å². The molecule has 2 N–H and O–H groups in total. The summed E-state index contributed by atoms with van der Waals surface area (Å²) in [6.07, 6.45) is 2.24. The van der Waals surface area contributed by atoms with E-state index in [-0.39, 0.29) is 5.91 Å². The smallest absolute Gasteiger partial charge is 0.251 e. The summed E-state index contributed by atoms with van der Waals surface area (Å²) < 4.78 is 5.41. The molecule has 1 fully saturated rings. The number of hydrogen-bond donors (Lipinski definition) is 2. The lowest BCUT2D eigenvalue weighted by Gasteiger charge is -2.24. The molecule has 0 saturated carbocycles. The largest absolute Gasteiger partial charge is 0.380 e. The lowest BCUT2D eigenvalue weighted by molar-refractivity contribution is 0.0876. The Hall–Kier alpha value is -1.55. The monoisotopic (exact) mass is 234 g/mol. The van der Waals surface area contributed by atoms with Gasteiger partial charge in [0.15, 0.2) is 0 Å². The van der Waals surface area contributed by atoms with E-state index < -0.39 is 0 Å². The summed E-state index contributed by atoms with van der Waals surface area (Å²) in [6, 6.07) is 7.89. The van der Waals surface area contributed by atoms with Crippen molar-refractivity contribution in [1.29, 1.82) is 0 Å². The summed E-state index contributed by atoms with van der Waals surface area (Å²) in [5, 5.41) is 6.01. The van der Waals surface area contributed by atoms with E-state index in [1.54, 1.807) is 7.05 Å². The van der Waals surface area contributed by atoms with Crippen LogP contribution in [0.3, 0.4) is 0 Å². The second kappa shape index (κ2) is 5.68. The molecule has 1 saturated heterocycles. The maximum Gasteiger partial charge on any atom is 0.251 e. The lowest BCUT2D eigenvalue weighted by atomic mass is 10.1. The van der Waals surface area contributed by atoms with Crippen LogP contribution in [0.4, 0.5) is 5.69 Å². The van der Waals surface area contributed by atoms with Crippen LogP contribution in [0, 0.1) is 0 Å². The van der Waals surface area contributed by atoms with Crippen LogP contribution in [0.1, 0.15) is 23.2 Å². The molecule has 17 heavy (non-hydrogen) atoms. The van der Waals surface area contributed by atoms with Gasteiger partial charge in [0.05, 0.1) is 6.61 Å². The standard InChI is InChI=1S/C13H18N2O2/c1-14-13(16)10-4-6-11(7-5-10)15-12-3-2-8-17-9-12/h4-7,12,15H,2-3,8-9H2,1H3,(H,14,16). The van der Waals surface area contributed by atoms with Gasteiger partial charge in [-0.15, -0.1) is 0 Å². The summed E-state index contributed by atoms with van der Waals surface area (Å²) in [4.78, 5) is 11.4. The SMILES string of the molecule is CNC(=O)c1ccc(NC2CCCOC2)cc1. The molecule has 4 heteroatoms. The molecule has 4 nitrogen and oxygen atoms in total. The number of nitrogens with one attached hydrogen (secondary N) is 2. The van der Waals surface area contributed by atoms with Crippen LogP contribution in [-0.4, -0.2) is 32.2 Å². The van der Waals surface area contributed by atoms with E-state index in [4.69, 9.17) is 4.74 Å². The van der Waals surface area contributed by atoms with E-state index in [0.717, 1.165) is 31.7 Å². The van der Waals surface area contributed by atoms with Crippen molar-refractivity contribution in [3.63, 3.8) is 0 Å². The third-order valence-corrected chi connectivity index (χ3v) is 2.91. The normalized spacial score (nSPS) is 19.7. The third-order valence-electron chi connectivity index (χ3n) is 2.91. The Morgan fingerprint density at radius 1 is 1.35 bits per heavy atom. The van der Waals surface area contributed by atoms with Crippen molar-refractivity contribution in [2.24, 2.45) is 0 Å². The van der Waals surface area contributed by atoms with Crippen LogP contribution in [0.2, 0.25) is 0 Å². The summed E-state index contributed by atoms with van der Waals surface area (Å²) in [5.74, 6) is -0.0578. The number of amides is 1. The predicted octanol–water partition coefficient (Wildman–Crippen LogP) is 1.64. The summed E-state index contributed by atoms with van der Waals surface area (Å²) in [5.41, 5.74) is 1.71. The fraction of sp³-hybridized carbons (Fsp3) is 0.462. The number of hydrogen-bond acceptors (Lipinski definition) is 3. The molecule has 0 radical (unpaired) electrons. The molecule has 1 aromatic carbocycles. The van der Waals surface area contributed by atoms with E-state index in [0.29, 0.717) is 11.6 Å². The molecule has 0 spiro atoms. The Bertz CT molecular complexity index is 370. The summed E-state index contributed by atoms with van der Waals surface area (Å²) >= 11 is 0. The zero-order valence-corrected chi connectivity index (χ0v) is 10.0. The van der Waals surface area contributed by atoms with Crippen LogP contribution in [0.5, 0.6) is 0 Å². The molecule has 0 aromatic heterocycles. The van der Waals surface area contributed by atoms with Crippen molar-refractivity contribution in [2.75, 3.05) is 25.6 Å². The van der Waals surface area contributed by atoms with Crippen molar-refractivity contribution >= 4 is 11.6 Å². The quantitative estimate of drug-likeness (QED) is 0.836. The second-order valence-electron chi connectivity index (χ2n) is 4.21. The Kier molecular flexibility index (Phi) is 3.98. The minimum absolute atomic E-state index is 0.0578. The van der Waals surface area contributed by atoms with Gasteiger partial charge in [-0.05, 0) is 37.1 Å². The fourth-order valence-corrected chi connectivity index (χ4v) is 1.95. The van der Waals surface area contributed by atoms with Gasteiger partial charge in [0.1, 0.15) is 0 Å². The van der Waals surface area contributed by atoms with Crippen LogP contribution in [0.25, 0.3) is 0 Å². The Balaban J connectivity index is 1.95. The predicted molar refractivity (Wildman–Crippen MR) is 67.3 cm³/mol.